The maximum absolute atomic E-state index is 11.6. The fourth-order valence-electron chi connectivity index (χ4n) is 1.00. The summed E-state index contributed by atoms with van der Waals surface area (Å²) >= 11 is 6.47. The Balaban J connectivity index is 2.97. The van der Waals surface area contributed by atoms with Crippen LogP contribution < -0.4 is 10.9 Å². The minimum Gasteiger partial charge on any atom is -0.378 e. The van der Waals surface area contributed by atoms with Crippen molar-refractivity contribution < 1.29 is 0 Å². The van der Waals surface area contributed by atoms with Crippen molar-refractivity contribution in [2.45, 2.75) is 13.5 Å². The van der Waals surface area contributed by atoms with E-state index in [1.807, 2.05) is 6.92 Å². The van der Waals surface area contributed by atoms with E-state index in [1.54, 1.807) is 6.20 Å². The van der Waals surface area contributed by atoms with Crippen molar-refractivity contribution >= 4 is 37.5 Å². The first kappa shape index (κ1) is 12.4. The largest absolute Gasteiger partial charge is 0.378 e. The first-order valence-electron chi connectivity index (χ1n) is 4.39. The number of aryl methyl sites for hydroxylation is 1. The number of hydrogen-bond acceptors (Lipinski definition) is 3. The summed E-state index contributed by atoms with van der Waals surface area (Å²) in [6.45, 7) is 6.67. The summed E-state index contributed by atoms with van der Waals surface area (Å²) in [4.78, 5) is 11.6. The summed E-state index contributed by atoms with van der Waals surface area (Å²) in [6, 6.07) is 0. The van der Waals surface area contributed by atoms with Crippen molar-refractivity contribution in [3.8, 4) is 0 Å². The van der Waals surface area contributed by atoms with Crippen LogP contribution in [0.5, 0.6) is 0 Å². The highest BCUT2D eigenvalue weighted by atomic mass is 79.9. The highest BCUT2D eigenvalue weighted by molar-refractivity contribution is 9.11. The van der Waals surface area contributed by atoms with E-state index in [0.717, 1.165) is 4.48 Å². The molecule has 0 aliphatic rings. The molecule has 1 aromatic heterocycles. The van der Waals surface area contributed by atoms with Crippen LogP contribution in [0.15, 0.2) is 26.5 Å². The van der Waals surface area contributed by atoms with Gasteiger partial charge in [0, 0.05) is 17.6 Å². The van der Waals surface area contributed by atoms with Gasteiger partial charge < -0.3 is 5.32 Å². The second-order valence-corrected chi connectivity index (χ2v) is 4.78. The summed E-state index contributed by atoms with van der Waals surface area (Å²) in [5.74, 6) is 0. The van der Waals surface area contributed by atoms with Gasteiger partial charge in [0.15, 0.2) is 0 Å². The topological polar surface area (TPSA) is 46.9 Å². The molecule has 0 spiro atoms. The standard InChI is InChI=1S/C9H11Br2N3O/c1-3-14-9(15)8(11)7(5-13-14)12-4-6(2)10/h5,12H,2-4H2,1H3. The van der Waals surface area contributed by atoms with Gasteiger partial charge >= 0.3 is 0 Å². The van der Waals surface area contributed by atoms with Crippen LogP contribution in [0.2, 0.25) is 0 Å². The smallest absolute Gasteiger partial charge is 0.283 e. The second kappa shape index (κ2) is 5.46. The van der Waals surface area contributed by atoms with E-state index in [1.165, 1.54) is 4.68 Å². The molecule has 0 atom stereocenters. The molecule has 0 radical (unpaired) electrons. The van der Waals surface area contributed by atoms with Crippen LogP contribution in [0.25, 0.3) is 0 Å². The van der Waals surface area contributed by atoms with Crippen molar-refractivity contribution in [3.63, 3.8) is 0 Å². The Kier molecular flexibility index (Phi) is 4.53. The van der Waals surface area contributed by atoms with Gasteiger partial charge in [0.05, 0.1) is 11.9 Å². The third-order valence-corrected chi connectivity index (χ3v) is 2.80. The molecule has 6 heteroatoms. The highest BCUT2D eigenvalue weighted by Crippen LogP contribution is 2.16. The molecular formula is C9H11Br2N3O. The highest BCUT2D eigenvalue weighted by Gasteiger charge is 2.06. The van der Waals surface area contributed by atoms with Crippen LogP contribution >= 0.6 is 31.9 Å². The SMILES string of the molecule is C=C(Br)CNc1cnn(CC)c(=O)c1Br. The molecule has 0 fully saturated rings. The zero-order chi connectivity index (χ0) is 11.4. The van der Waals surface area contributed by atoms with Gasteiger partial charge in [-0.05, 0) is 22.9 Å². The Morgan fingerprint density at radius 1 is 1.73 bits per heavy atom. The molecule has 0 saturated carbocycles. The zero-order valence-corrected chi connectivity index (χ0v) is 11.4. The number of aromatic nitrogens is 2. The van der Waals surface area contributed by atoms with Crippen LogP contribution in [-0.4, -0.2) is 16.3 Å². The normalized spacial score (nSPS) is 10.1. The minimum atomic E-state index is -0.136. The summed E-state index contributed by atoms with van der Waals surface area (Å²) in [5, 5.41) is 7.04. The van der Waals surface area contributed by atoms with Gasteiger partial charge in [0.2, 0.25) is 0 Å². The first-order chi connectivity index (χ1) is 7.06. The van der Waals surface area contributed by atoms with Gasteiger partial charge in [-0.15, -0.1) is 0 Å². The molecule has 0 aliphatic carbocycles. The Labute approximate surface area is 105 Å². The summed E-state index contributed by atoms with van der Waals surface area (Å²) in [5.41, 5.74) is 0.535. The molecule has 1 rings (SSSR count). The van der Waals surface area contributed by atoms with Crippen LogP contribution in [0.4, 0.5) is 5.69 Å². The van der Waals surface area contributed by atoms with E-state index < -0.39 is 0 Å². The van der Waals surface area contributed by atoms with Crippen LogP contribution in [0, 0.1) is 0 Å². The predicted octanol–water partition coefficient (Wildman–Crippen LogP) is 2.35. The molecule has 0 aromatic carbocycles. The van der Waals surface area contributed by atoms with E-state index in [-0.39, 0.29) is 5.56 Å². The molecule has 0 aliphatic heterocycles. The monoisotopic (exact) mass is 335 g/mol. The van der Waals surface area contributed by atoms with E-state index in [9.17, 15) is 4.79 Å². The Morgan fingerprint density at radius 3 is 2.93 bits per heavy atom. The average Bonchev–Trinajstić information content (AvgIpc) is 2.20. The van der Waals surface area contributed by atoms with Crippen molar-refractivity contribution in [2.75, 3.05) is 11.9 Å². The predicted molar refractivity (Wildman–Crippen MR) is 68.4 cm³/mol. The molecule has 0 saturated heterocycles. The molecule has 1 aromatic rings. The van der Waals surface area contributed by atoms with E-state index in [0.29, 0.717) is 23.2 Å². The van der Waals surface area contributed by atoms with Gasteiger partial charge in [-0.2, -0.15) is 5.10 Å². The third-order valence-electron chi connectivity index (χ3n) is 1.76. The van der Waals surface area contributed by atoms with Crippen LogP contribution in [0.3, 0.4) is 0 Å². The van der Waals surface area contributed by atoms with Crippen molar-refractivity contribution in [3.05, 3.63) is 32.1 Å². The Morgan fingerprint density at radius 2 is 2.40 bits per heavy atom. The van der Waals surface area contributed by atoms with Gasteiger partial charge in [0.1, 0.15) is 4.47 Å². The Hall–Kier alpha value is -0.620. The molecule has 15 heavy (non-hydrogen) atoms. The lowest BCUT2D eigenvalue weighted by atomic mass is 10.4. The number of nitrogens with zero attached hydrogens (tertiary/aromatic N) is 2. The van der Waals surface area contributed by atoms with E-state index >= 15 is 0 Å². The molecule has 0 bridgehead atoms. The summed E-state index contributed by atoms with van der Waals surface area (Å²) in [7, 11) is 0. The molecular weight excluding hydrogens is 326 g/mol. The molecule has 0 amide bonds. The maximum Gasteiger partial charge on any atom is 0.283 e. The van der Waals surface area contributed by atoms with Crippen molar-refractivity contribution in [1.82, 2.24) is 9.78 Å². The fraction of sp³-hybridized carbons (Fsp3) is 0.333. The lowest BCUT2D eigenvalue weighted by Gasteiger charge is -2.08. The van der Waals surface area contributed by atoms with Gasteiger partial charge in [-0.25, -0.2) is 4.68 Å². The number of hydrogen-bond donors (Lipinski definition) is 1. The van der Waals surface area contributed by atoms with Crippen LogP contribution in [-0.2, 0) is 6.54 Å². The lowest BCUT2D eigenvalue weighted by Crippen LogP contribution is -2.23. The zero-order valence-electron chi connectivity index (χ0n) is 8.26. The van der Waals surface area contributed by atoms with Crippen LogP contribution in [0.1, 0.15) is 6.92 Å². The minimum absolute atomic E-state index is 0.136. The summed E-state index contributed by atoms with van der Waals surface area (Å²) < 4.78 is 2.69. The fourth-order valence-corrected chi connectivity index (χ4v) is 1.59. The number of halogens is 2. The Bertz CT molecular complexity index is 428. The van der Waals surface area contributed by atoms with Gasteiger partial charge in [-0.1, -0.05) is 22.5 Å². The van der Waals surface area contributed by atoms with Gasteiger partial charge in [0.25, 0.3) is 5.56 Å². The van der Waals surface area contributed by atoms with Gasteiger partial charge in [-0.3, -0.25) is 4.79 Å². The first-order valence-corrected chi connectivity index (χ1v) is 5.97. The molecule has 82 valence electrons. The molecule has 1 heterocycles. The molecule has 0 unspecified atom stereocenters. The quantitative estimate of drug-likeness (QED) is 0.918. The average molecular weight is 337 g/mol. The molecule has 4 nitrogen and oxygen atoms in total. The summed E-state index contributed by atoms with van der Waals surface area (Å²) in [6.07, 6.45) is 1.62. The lowest BCUT2D eigenvalue weighted by molar-refractivity contribution is 0.613. The number of nitrogens with one attached hydrogen (secondary N) is 1. The van der Waals surface area contributed by atoms with E-state index in [4.69, 9.17) is 0 Å². The third kappa shape index (κ3) is 3.17. The molecule has 1 N–H and O–H groups in total. The van der Waals surface area contributed by atoms with Crippen molar-refractivity contribution in [2.24, 2.45) is 0 Å². The number of rotatable bonds is 4. The van der Waals surface area contributed by atoms with Crippen molar-refractivity contribution in [1.29, 1.82) is 0 Å². The maximum atomic E-state index is 11.6. The number of anilines is 1. The second-order valence-electron chi connectivity index (χ2n) is 2.86. The van der Waals surface area contributed by atoms with E-state index in [2.05, 4.69) is 48.9 Å².